The van der Waals surface area contributed by atoms with Gasteiger partial charge in [-0.2, -0.15) is 0 Å². The van der Waals surface area contributed by atoms with E-state index in [0.717, 1.165) is 11.1 Å². The zero-order valence-electron chi connectivity index (χ0n) is 18.4. The summed E-state index contributed by atoms with van der Waals surface area (Å²) in [5.74, 6) is -0.652. The second-order valence-corrected chi connectivity index (χ2v) is 8.20. The van der Waals surface area contributed by atoms with Crippen LogP contribution in [0.4, 0.5) is 0 Å². The topological polar surface area (TPSA) is 83.1 Å². The van der Waals surface area contributed by atoms with E-state index in [2.05, 4.69) is 4.98 Å². The molecule has 2 aromatic rings. The molecule has 0 bridgehead atoms. The van der Waals surface area contributed by atoms with Gasteiger partial charge in [0.05, 0.1) is 13.2 Å². The molecule has 0 spiro atoms. The standard InChI is InChI=1S/C24H28N4O4/c1-17-7-6-10-25-21(17)24(31)28-16-20-22(29)26(13-14-32-2)11-12-27(20)23(30)19(28)15-18-8-4-3-5-9-18/h3-10,19-20H,11-16H2,1-2H3/t19-,20-/m0/s1. The van der Waals surface area contributed by atoms with E-state index < -0.39 is 12.1 Å². The summed E-state index contributed by atoms with van der Waals surface area (Å²) in [5.41, 5.74) is 2.01. The molecule has 0 radical (unpaired) electrons. The quantitative estimate of drug-likeness (QED) is 0.678. The highest BCUT2D eigenvalue weighted by Gasteiger charge is 2.48. The minimum atomic E-state index is -0.687. The third kappa shape index (κ3) is 4.23. The van der Waals surface area contributed by atoms with Crippen LogP contribution in [0.2, 0.25) is 0 Å². The maximum absolute atomic E-state index is 13.6. The molecule has 8 heteroatoms. The first-order valence-corrected chi connectivity index (χ1v) is 10.9. The smallest absolute Gasteiger partial charge is 0.273 e. The molecule has 1 aromatic carbocycles. The predicted molar refractivity (Wildman–Crippen MR) is 118 cm³/mol. The number of ether oxygens (including phenoxy) is 1. The van der Waals surface area contributed by atoms with Gasteiger partial charge in [-0.3, -0.25) is 19.4 Å². The fourth-order valence-electron chi connectivity index (χ4n) is 4.45. The molecule has 2 atom stereocenters. The molecule has 2 aliphatic rings. The first-order chi connectivity index (χ1) is 15.5. The fourth-order valence-corrected chi connectivity index (χ4v) is 4.45. The molecule has 2 aliphatic heterocycles. The molecule has 2 fully saturated rings. The van der Waals surface area contributed by atoms with Gasteiger partial charge in [-0.25, -0.2) is 0 Å². The summed E-state index contributed by atoms with van der Waals surface area (Å²) in [5, 5.41) is 0. The van der Waals surface area contributed by atoms with Crippen LogP contribution in [0.15, 0.2) is 48.7 Å². The molecule has 0 saturated carbocycles. The van der Waals surface area contributed by atoms with Gasteiger partial charge in [0, 0.05) is 39.4 Å². The Balaban J connectivity index is 1.66. The number of hydrogen-bond acceptors (Lipinski definition) is 5. The number of pyridine rings is 1. The SMILES string of the molecule is COCCN1CCN2C(=O)[C@H](Cc3ccccc3)N(C(=O)c3ncccc3C)C[C@H]2C1=O. The summed E-state index contributed by atoms with van der Waals surface area (Å²) >= 11 is 0. The Hall–Kier alpha value is -3.26. The molecule has 3 heterocycles. The van der Waals surface area contributed by atoms with Gasteiger partial charge in [-0.1, -0.05) is 36.4 Å². The van der Waals surface area contributed by atoms with Crippen molar-refractivity contribution in [3.8, 4) is 0 Å². The first-order valence-electron chi connectivity index (χ1n) is 10.9. The summed E-state index contributed by atoms with van der Waals surface area (Å²) in [6, 6.07) is 11.9. The van der Waals surface area contributed by atoms with E-state index in [1.54, 1.807) is 34.1 Å². The molecule has 0 unspecified atom stereocenters. The van der Waals surface area contributed by atoms with Gasteiger partial charge in [-0.05, 0) is 24.1 Å². The molecular weight excluding hydrogens is 408 g/mol. The molecule has 1 aromatic heterocycles. The number of nitrogens with zero attached hydrogens (tertiary/aromatic N) is 4. The predicted octanol–water partition coefficient (Wildman–Crippen LogP) is 1.14. The van der Waals surface area contributed by atoms with Gasteiger partial charge in [0.2, 0.25) is 11.8 Å². The van der Waals surface area contributed by atoms with E-state index in [1.165, 1.54) is 0 Å². The van der Waals surface area contributed by atoms with Crippen LogP contribution in [0.5, 0.6) is 0 Å². The number of piperazine rings is 2. The maximum Gasteiger partial charge on any atom is 0.273 e. The Morgan fingerprint density at radius 2 is 1.88 bits per heavy atom. The zero-order valence-corrected chi connectivity index (χ0v) is 18.4. The second kappa shape index (κ2) is 9.48. The number of methoxy groups -OCH3 is 1. The number of amides is 3. The van der Waals surface area contributed by atoms with E-state index in [-0.39, 0.29) is 24.3 Å². The van der Waals surface area contributed by atoms with Crippen molar-refractivity contribution in [2.24, 2.45) is 0 Å². The average Bonchev–Trinajstić information content (AvgIpc) is 2.81. The fraction of sp³-hybridized carbons (Fsp3) is 0.417. The lowest BCUT2D eigenvalue weighted by Gasteiger charge is -2.49. The third-order valence-corrected chi connectivity index (χ3v) is 6.21. The summed E-state index contributed by atoms with van der Waals surface area (Å²) in [7, 11) is 1.59. The van der Waals surface area contributed by atoms with Gasteiger partial charge >= 0.3 is 0 Å². The van der Waals surface area contributed by atoms with Crippen molar-refractivity contribution in [2.75, 3.05) is 39.9 Å². The summed E-state index contributed by atoms with van der Waals surface area (Å²) < 4.78 is 5.12. The number of aryl methyl sites for hydroxylation is 1. The summed E-state index contributed by atoms with van der Waals surface area (Å²) in [6.45, 7) is 3.79. The van der Waals surface area contributed by atoms with Crippen LogP contribution in [0.1, 0.15) is 21.6 Å². The van der Waals surface area contributed by atoms with Crippen LogP contribution in [-0.2, 0) is 20.7 Å². The van der Waals surface area contributed by atoms with E-state index in [0.29, 0.717) is 38.4 Å². The van der Waals surface area contributed by atoms with Crippen molar-refractivity contribution in [2.45, 2.75) is 25.4 Å². The van der Waals surface area contributed by atoms with Gasteiger partial charge in [0.15, 0.2) is 0 Å². The number of benzene rings is 1. The Kier molecular flexibility index (Phi) is 6.50. The highest BCUT2D eigenvalue weighted by atomic mass is 16.5. The van der Waals surface area contributed by atoms with Gasteiger partial charge < -0.3 is 19.4 Å². The van der Waals surface area contributed by atoms with Gasteiger partial charge in [0.25, 0.3) is 5.91 Å². The zero-order chi connectivity index (χ0) is 22.7. The van der Waals surface area contributed by atoms with Crippen LogP contribution in [0, 0.1) is 6.92 Å². The number of fused-ring (bicyclic) bond motifs is 1. The first kappa shape index (κ1) is 22.0. The molecule has 32 heavy (non-hydrogen) atoms. The highest BCUT2D eigenvalue weighted by molar-refractivity contribution is 6.00. The van der Waals surface area contributed by atoms with Crippen molar-refractivity contribution in [3.63, 3.8) is 0 Å². The monoisotopic (exact) mass is 436 g/mol. The van der Waals surface area contributed by atoms with E-state index in [1.807, 2.05) is 43.3 Å². The van der Waals surface area contributed by atoms with Crippen LogP contribution in [0.3, 0.4) is 0 Å². The maximum atomic E-state index is 13.6. The number of hydrogen-bond donors (Lipinski definition) is 0. The van der Waals surface area contributed by atoms with Crippen LogP contribution >= 0.6 is 0 Å². The van der Waals surface area contributed by atoms with Crippen molar-refractivity contribution >= 4 is 17.7 Å². The van der Waals surface area contributed by atoms with Crippen molar-refractivity contribution in [3.05, 3.63) is 65.5 Å². The lowest BCUT2D eigenvalue weighted by atomic mass is 9.95. The molecular formula is C24H28N4O4. The molecule has 2 saturated heterocycles. The Bertz CT molecular complexity index is 997. The van der Waals surface area contributed by atoms with Crippen LogP contribution in [-0.4, -0.2) is 89.4 Å². The Morgan fingerprint density at radius 3 is 2.59 bits per heavy atom. The van der Waals surface area contributed by atoms with Crippen molar-refractivity contribution in [1.82, 2.24) is 19.7 Å². The van der Waals surface area contributed by atoms with Crippen molar-refractivity contribution < 1.29 is 19.1 Å². The molecule has 3 amide bonds. The molecule has 0 N–H and O–H groups in total. The molecule has 168 valence electrons. The molecule has 0 aliphatic carbocycles. The summed E-state index contributed by atoms with van der Waals surface area (Å²) in [6.07, 6.45) is 1.96. The van der Waals surface area contributed by atoms with Crippen LogP contribution < -0.4 is 0 Å². The normalized spacial score (nSPS) is 21.0. The Morgan fingerprint density at radius 1 is 1.09 bits per heavy atom. The number of aromatic nitrogens is 1. The summed E-state index contributed by atoms with van der Waals surface area (Å²) in [4.78, 5) is 49.5. The minimum Gasteiger partial charge on any atom is -0.383 e. The van der Waals surface area contributed by atoms with E-state index in [9.17, 15) is 14.4 Å². The number of carbonyl (C=O) groups is 3. The average molecular weight is 437 g/mol. The van der Waals surface area contributed by atoms with Crippen LogP contribution in [0.25, 0.3) is 0 Å². The molecule has 8 nitrogen and oxygen atoms in total. The van der Waals surface area contributed by atoms with Gasteiger partial charge in [0.1, 0.15) is 17.8 Å². The minimum absolute atomic E-state index is 0.143. The lowest BCUT2D eigenvalue weighted by molar-refractivity contribution is -0.160. The van der Waals surface area contributed by atoms with E-state index >= 15 is 0 Å². The van der Waals surface area contributed by atoms with E-state index in [4.69, 9.17) is 4.74 Å². The van der Waals surface area contributed by atoms with Crippen molar-refractivity contribution in [1.29, 1.82) is 0 Å². The number of carbonyl (C=O) groups excluding carboxylic acids is 3. The lowest BCUT2D eigenvalue weighted by Crippen LogP contribution is -2.70. The largest absolute Gasteiger partial charge is 0.383 e. The molecule has 4 rings (SSSR count). The third-order valence-electron chi connectivity index (χ3n) is 6.21. The highest BCUT2D eigenvalue weighted by Crippen LogP contribution is 2.26. The second-order valence-electron chi connectivity index (χ2n) is 8.20. The Labute approximate surface area is 187 Å². The number of rotatable bonds is 6. The van der Waals surface area contributed by atoms with Gasteiger partial charge in [-0.15, -0.1) is 0 Å².